The third-order valence-corrected chi connectivity index (χ3v) is 2.72. The Hall–Kier alpha value is -1.77. The zero-order valence-corrected chi connectivity index (χ0v) is 12.1. The Labute approximate surface area is 121 Å². The molecule has 2 atom stereocenters. The van der Waals surface area contributed by atoms with E-state index in [1.807, 2.05) is 0 Å². The van der Waals surface area contributed by atoms with Crippen LogP contribution in [0.4, 0.5) is 0 Å². The normalized spacial score (nSPS) is 13.4. The van der Waals surface area contributed by atoms with Crippen LogP contribution in [-0.4, -0.2) is 46.6 Å². The number of nitrogens with one attached hydrogen (secondary N) is 2. The van der Waals surface area contributed by atoms with Crippen LogP contribution >= 0.6 is 12.6 Å². The second kappa shape index (κ2) is 8.41. The molecule has 3 amide bonds. The van der Waals surface area contributed by atoms with Crippen molar-refractivity contribution in [1.82, 2.24) is 10.6 Å². The Balaban J connectivity index is 4.84. The number of carbonyl (C=O) groups is 4. The van der Waals surface area contributed by atoms with Crippen LogP contribution in [0, 0.1) is 5.92 Å². The molecule has 0 spiro atoms. The van der Waals surface area contributed by atoms with Gasteiger partial charge in [0.1, 0.15) is 12.1 Å². The maximum Gasteiger partial charge on any atom is 0.326 e. The quantitative estimate of drug-likeness (QED) is 0.347. The molecule has 8 nitrogen and oxygen atoms in total. The molecular formula is C11H19N3O5S. The van der Waals surface area contributed by atoms with Gasteiger partial charge in [0.25, 0.3) is 0 Å². The lowest BCUT2D eigenvalue weighted by molar-refractivity contribution is -0.143. The highest BCUT2D eigenvalue weighted by Gasteiger charge is 2.29. The third-order valence-electron chi connectivity index (χ3n) is 2.43. The van der Waals surface area contributed by atoms with E-state index in [2.05, 4.69) is 23.3 Å². The molecule has 5 N–H and O–H groups in total. The molecule has 0 fully saturated rings. The van der Waals surface area contributed by atoms with Gasteiger partial charge < -0.3 is 21.5 Å². The summed E-state index contributed by atoms with van der Waals surface area (Å²) >= 11 is 3.78. The molecule has 20 heavy (non-hydrogen) atoms. The molecule has 0 aromatic rings. The monoisotopic (exact) mass is 305 g/mol. The van der Waals surface area contributed by atoms with Gasteiger partial charge in [-0.1, -0.05) is 13.8 Å². The number of hydrogen-bond acceptors (Lipinski definition) is 5. The molecular weight excluding hydrogens is 286 g/mol. The smallest absolute Gasteiger partial charge is 0.326 e. The average Bonchev–Trinajstić information content (AvgIpc) is 2.33. The predicted octanol–water partition coefficient (Wildman–Crippen LogP) is -1.50. The van der Waals surface area contributed by atoms with Gasteiger partial charge in [0.2, 0.25) is 17.7 Å². The van der Waals surface area contributed by atoms with Crippen molar-refractivity contribution in [3.8, 4) is 0 Å². The SMILES string of the molecule is CC(C)[C@H](NC(=O)CS)C(=O)N[C@@H](CC(N)=O)C(=O)O. The fourth-order valence-corrected chi connectivity index (χ4v) is 1.51. The lowest BCUT2D eigenvalue weighted by Crippen LogP contribution is -2.54. The topological polar surface area (TPSA) is 139 Å². The summed E-state index contributed by atoms with van der Waals surface area (Å²) in [6.45, 7) is 3.37. The summed E-state index contributed by atoms with van der Waals surface area (Å²) in [7, 11) is 0. The molecule has 0 aromatic heterocycles. The molecule has 0 aliphatic heterocycles. The molecule has 0 rings (SSSR count). The molecule has 114 valence electrons. The van der Waals surface area contributed by atoms with Crippen LogP contribution in [0.3, 0.4) is 0 Å². The molecule has 0 unspecified atom stereocenters. The molecule has 0 bridgehead atoms. The highest BCUT2D eigenvalue weighted by molar-refractivity contribution is 7.81. The highest BCUT2D eigenvalue weighted by Crippen LogP contribution is 2.04. The minimum Gasteiger partial charge on any atom is -0.480 e. The summed E-state index contributed by atoms with van der Waals surface area (Å²) in [4.78, 5) is 44.9. The fourth-order valence-electron chi connectivity index (χ4n) is 1.42. The maximum atomic E-state index is 12.0. The summed E-state index contributed by atoms with van der Waals surface area (Å²) in [6, 6.07) is -2.33. The minimum absolute atomic E-state index is 0.0971. The number of amides is 3. The van der Waals surface area contributed by atoms with Crippen molar-refractivity contribution in [2.45, 2.75) is 32.4 Å². The van der Waals surface area contributed by atoms with Gasteiger partial charge in [0, 0.05) is 0 Å². The van der Waals surface area contributed by atoms with Gasteiger partial charge in [-0.15, -0.1) is 0 Å². The summed E-state index contributed by atoms with van der Waals surface area (Å²) in [5.41, 5.74) is 4.91. The summed E-state index contributed by atoms with van der Waals surface area (Å²) in [5, 5.41) is 13.5. The summed E-state index contributed by atoms with van der Waals surface area (Å²) in [6.07, 6.45) is -0.521. The van der Waals surface area contributed by atoms with Crippen LogP contribution in [0.2, 0.25) is 0 Å². The van der Waals surface area contributed by atoms with Gasteiger partial charge in [-0.25, -0.2) is 4.79 Å². The van der Waals surface area contributed by atoms with E-state index >= 15 is 0 Å². The Kier molecular flexibility index (Phi) is 7.67. The van der Waals surface area contributed by atoms with E-state index in [-0.39, 0.29) is 11.7 Å². The number of carbonyl (C=O) groups excluding carboxylic acids is 3. The Morgan fingerprint density at radius 1 is 1.20 bits per heavy atom. The fraction of sp³-hybridized carbons (Fsp3) is 0.636. The molecule has 0 aromatic carbocycles. The molecule has 0 saturated heterocycles. The maximum absolute atomic E-state index is 12.0. The number of rotatable bonds is 8. The number of nitrogens with two attached hydrogens (primary N) is 1. The van der Waals surface area contributed by atoms with E-state index in [0.29, 0.717) is 0 Å². The number of carboxylic acid groups (broad SMARTS) is 1. The predicted molar refractivity (Wildman–Crippen MR) is 74.0 cm³/mol. The lowest BCUT2D eigenvalue weighted by atomic mass is 10.0. The van der Waals surface area contributed by atoms with Crippen LogP contribution < -0.4 is 16.4 Å². The first kappa shape index (κ1) is 18.2. The Bertz CT molecular complexity index is 400. The second-order valence-electron chi connectivity index (χ2n) is 4.52. The number of thiol groups is 1. The van der Waals surface area contributed by atoms with Crippen molar-refractivity contribution >= 4 is 36.3 Å². The number of primary amides is 1. The highest BCUT2D eigenvalue weighted by atomic mass is 32.1. The van der Waals surface area contributed by atoms with Gasteiger partial charge in [-0.2, -0.15) is 12.6 Å². The second-order valence-corrected chi connectivity index (χ2v) is 4.83. The number of carboxylic acids is 1. The number of hydrogen-bond donors (Lipinski definition) is 5. The van der Waals surface area contributed by atoms with Gasteiger partial charge in [0.05, 0.1) is 12.2 Å². The Morgan fingerprint density at radius 3 is 2.10 bits per heavy atom. The molecule has 0 heterocycles. The molecule has 0 radical (unpaired) electrons. The van der Waals surface area contributed by atoms with E-state index in [1.54, 1.807) is 13.8 Å². The first-order valence-corrected chi connectivity index (χ1v) is 6.54. The zero-order chi connectivity index (χ0) is 15.9. The summed E-state index contributed by atoms with van der Waals surface area (Å²) < 4.78 is 0. The van der Waals surface area contributed by atoms with Crippen LogP contribution in [0.5, 0.6) is 0 Å². The van der Waals surface area contributed by atoms with Gasteiger partial charge in [0.15, 0.2) is 0 Å². The standard InChI is InChI=1S/C11H19N3O5S/c1-5(2)9(14-8(16)4-20)10(17)13-6(11(18)19)3-7(12)15/h5-6,9,20H,3-4H2,1-2H3,(H2,12,15)(H,13,17)(H,14,16)(H,18,19)/t6-,9-/m0/s1. The molecule has 9 heteroatoms. The lowest BCUT2D eigenvalue weighted by Gasteiger charge is -2.23. The first-order valence-electron chi connectivity index (χ1n) is 5.90. The molecule has 0 aliphatic carbocycles. The molecule has 0 saturated carbocycles. The van der Waals surface area contributed by atoms with Crippen molar-refractivity contribution in [3.63, 3.8) is 0 Å². The van der Waals surface area contributed by atoms with Crippen LogP contribution in [0.15, 0.2) is 0 Å². The number of aliphatic carboxylic acids is 1. The first-order chi connectivity index (χ1) is 9.18. The van der Waals surface area contributed by atoms with Crippen molar-refractivity contribution in [3.05, 3.63) is 0 Å². The van der Waals surface area contributed by atoms with E-state index < -0.39 is 42.2 Å². The average molecular weight is 305 g/mol. The third kappa shape index (κ3) is 6.41. The van der Waals surface area contributed by atoms with Gasteiger partial charge >= 0.3 is 5.97 Å². The van der Waals surface area contributed by atoms with Crippen molar-refractivity contribution in [1.29, 1.82) is 0 Å². The van der Waals surface area contributed by atoms with Crippen LogP contribution in [0.25, 0.3) is 0 Å². The summed E-state index contributed by atoms with van der Waals surface area (Å²) in [5.74, 6) is -3.73. The van der Waals surface area contributed by atoms with Gasteiger partial charge in [-0.3, -0.25) is 14.4 Å². The van der Waals surface area contributed by atoms with E-state index in [0.717, 1.165) is 0 Å². The largest absolute Gasteiger partial charge is 0.480 e. The molecule has 0 aliphatic rings. The Morgan fingerprint density at radius 2 is 1.75 bits per heavy atom. The van der Waals surface area contributed by atoms with Crippen LogP contribution in [0.1, 0.15) is 20.3 Å². The van der Waals surface area contributed by atoms with Gasteiger partial charge in [-0.05, 0) is 5.92 Å². The van der Waals surface area contributed by atoms with Crippen molar-refractivity contribution < 1.29 is 24.3 Å². The van der Waals surface area contributed by atoms with E-state index in [1.165, 1.54) is 0 Å². The van der Waals surface area contributed by atoms with Crippen molar-refractivity contribution in [2.24, 2.45) is 11.7 Å². The van der Waals surface area contributed by atoms with E-state index in [9.17, 15) is 19.2 Å². The minimum atomic E-state index is -1.42. The van der Waals surface area contributed by atoms with Crippen molar-refractivity contribution in [2.75, 3.05) is 5.75 Å². The zero-order valence-electron chi connectivity index (χ0n) is 11.3. The van der Waals surface area contributed by atoms with Crippen LogP contribution in [-0.2, 0) is 19.2 Å². The van der Waals surface area contributed by atoms with E-state index in [4.69, 9.17) is 10.8 Å².